The molecular weight excluding hydrogens is 270 g/mol. The Hall–Kier alpha value is -1.18. The lowest BCUT2D eigenvalue weighted by Crippen LogP contribution is -2.34. The molecule has 22 heavy (non-hydrogen) atoms. The first-order valence-electron chi connectivity index (χ1n) is 9.11. The molecule has 0 fully saturated rings. The Morgan fingerprint density at radius 2 is 1.55 bits per heavy atom. The van der Waals surface area contributed by atoms with Gasteiger partial charge in [0, 0.05) is 11.2 Å². The SMILES string of the molecule is CCCC(CC)Oc1ccc(NC(C)(CCC)CCC)cc1. The van der Waals surface area contributed by atoms with E-state index in [4.69, 9.17) is 4.74 Å². The summed E-state index contributed by atoms with van der Waals surface area (Å²) in [6.07, 6.45) is 8.53. The van der Waals surface area contributed by atoms with Gasteiger partial charge in [0.15, 0.2) is 0 Å². The number of hydrogen-bond acceptors (Lipinski definition) is 2. The third-order valence-corrected chi connectivity index (χ3v) is 4.27. The highest BCUT2D eigenvalue weighted by Gasteiger charge is 2.21. The van der Waals surface area contributed by atoms with Crippen LogP contribution in [0.15, 0.2) is 24.3 Å². The summed E-state index contributed by atoms with van der Waals surface area (Å²) in [5, 5.41) is 3.72. The second-order valence-electron chi connectivity index (χ2n) is 6.65. The maximum Gasteiger partial charge on any atom is 0.119 e. The van der Waals surface area contributed by atoms with E-state index >= 15 is 0 Å². The maximum absolute atomic E-state index is 6.06. The van der Waals surface area contributed by atoms with Gasteiger partial charge in [0.1, 0.15) is 5.75 Å². The molecule has 1 atom stereocenters. The molecule has 0 amide bonds. The minimum atomic E-state index is 0.194. The fourth-order valence-electron chi connectivity index (χ4n) is 3.18. The number of rotatable bonds is 11. The summed E-state index contributed by atoms with van der Waals surface area (Å²) in [4.78, 5) is 0. The zero-order valence-electron chi connectivity index (χ0n) is 15.2. The van der Waals surface area contributed by atoms with Crippen molar-refractivity contribution in [3.63, 3.8) is 0 Å². The Labute approximate surface area is 137 Å². The molecule has 0 aromatic heterocycles. The van der Waals surface area contributed by atoms with Crippen molar-refractivity contribution < 1.29 is 4.74 Å². The van der Waals surface area contributed by atoms with Crippen molar-refractivity contribution in [2.75, 3.05) is 5.32 Å². The number of ether oxygens (including phenoxy) is 1. The van der Waals surface area contributed by atoms with Crippen LogP contribution >= 0.6 is 0 Å². The summed E-state index contributed by atoms with van der Waals surface area (Å²) in [6.45, 7) is 11.2. The van der Waals surface area contributed by atoms with Crippen LogP contribution in [0.3, 0.4) is 0 Å². The van der Waals surface area contributed by atoms with E-state index in [9.17, 15) is 0 Å². The molecule has 1 aromatic carbocycles. The van der Waals surface area contributed by atoms with E-state index in [1.807, 2.05) is 0 Å². The van der Waals surface area contributed by atoms with Crippen molar-refractivity contribution in [2.24, 2.45) is 0 Å². The zero-order valence-corrected chi connectivity index (χ0v) is 15.2. The topological polar surface area (TPSA) is 21.3 Å². The van der Waals surface area contributed by atoms with Crippen LogP contribution < -0.4 is 10.1 Å². The highest BCUT2D eigenvalue weighted by molar-refractivity contribution is 5.48. The second-order valence-corrected chi connectivity index (χ2v) is 6.65. The van der Waals surface area contributed by atoms with E-state index in [-0.39, 0.29) is 5.54 Å². The fraction of sp³-hybridized carbons (Fsp3) is 0.700. The van der Waals surface area contributed by atoms with Crippen molar-refractivity contribution in [2.45, 2.75) is 91.2 Å². The smallest absolute Gasteiger partial charge is 0.119 e. The first-order chi connectivity index (χ1) is 10.6. The lowest BCUT2D eigenvalue weighted by Gasteiger charge is -2.32. The normalized spacial score (nSPS) is 13.0. The number of nitrogens with one attached hydrogen (secondary N) is 1. The van der Waals surface area contributed by atoms with Crippen LogP contribution in [0, 0.1) is 0 Å². The van der Waals surface area contributed by atoms with Crippen LogP contribution in [-0.4, -0.2) is 11.6 Å². The first kappa shape index (κ1) is 18.9. The lowest BCUT2D eigenvalue weighted by molar-refractivity contribution is 0.186. The van der Waals surface area contributed by atoms with E-state index < -0.39 is 0 Å². The van der Waals surface area contributed by atoms with E-state index in [0.717, 1.165) is 18.6 Å². The molecule has 0 heterocycles. The molecule has 0 spiro atoms. The molecule has 0 saturated carbocycles. The molecule has 1 N–H and O–H groups in total. The monoisotopic (exact) mass is 305 g/mol. The van der Waals surface area contributed by atoms with E-state index in [1.54, 1.807) is 0 Å². The molecule has 1 aromatic rings. The fourth-order valence-corrected chi connectivity index (χ4v) is 3.18. The van der Waals surface area contributed by atoms with E-state index in [2.05, 4.69) is 64.2 Å². The molecule has 1 unspecified atom stereocenters. The Balaban J connectivity index is 2.67. The van der Waals surface area contributed by atoms with Crippen molar-refractivity contribution in [3.8, 4) is 5.75 Å². The zero-order chi connectivity index (χ0) is 16.4. The molecule has 0 bridgehead atoms. The van der Waals surface area contributed by atoms with Crippen LogP contribution in [0.1, 0.15) is 79.6 Å². The number of benzene rings is 1. The van der Waals surface area contributed by atoms with E-state index in [1.165, 1.54) is 37.8 Å². The Kier molecular flexibility index (Phi) is 8.37. The quantitative estimate of drug-likeness (QED) is 0.509. The maximum atomic E-state index is 6.06. The van der Waals surface area contributed by atoms with Gasteiger partial charge in [-0.05, 0) is 56.9 Å². The average Bonchev–Trinajstić information content (AvgIpc) is 2.49. The summed E-state index contributed by atoms with van der Waals surface area (Å²) in [7, 11) is 0. The Bertz CT molecular complexity index is 393. The van der Waals surface area contributed by atoms with Gasteiger partial charge in [0.25, 0.3) is 0 Å². The first-order valence-corrected chi connectivity index (χ1v) is 9.11. The standard InChI is InChI=1S/C20H35NO/c1-6-10-18(9-4)22-19-13-11-17(12-14-19)21-20(5,15-7-2)16-8-3/h11-14,18,21H,6-10,15-16H2,1-5H3. The summed E-state index contributed by atoms with van der Waals surface area (Å²) in [5.74, 6) is 0.985. The van der Waals surface area contributed by atoms with Gasteiger partial charge in [0.2, 0.25) is 0 Å². The van der Waals surface area contributed by atoms with Crippen molar-refractivity contribution in [1.82, 2.24) is 0 Å². The number of anilines is 1. The van der Waals surface area contributed by atoms with Crippen LogP contribution in [0.25, 0.3) is 0 Å². The van der Waals surface area contributed by atoms with Gasteiger partial charge in [-0.1, -0.05) is 47.0 Å². The molecule has 0 aliphatic rings. The molecular formula is C20H35NO. The summed E-state index contributed by atoms with van der Waals surface area (Å²) in [6, 6.07) is 8.49. The summed E-state index contributed by atoms with van der Waals surface area (Å²) < 4.78 is 6.06. The predicted octanol–water partition coefficient (Wildman–Crippen LogP) is 6.41. The minimum absolute atomic E-state index is 0.194. The molecule has 0 aliphatic carbocycles. The Morgan fingerprint density at radius 1 is 0.955 bits per heavy atom. The van der Waals surface area contributed by atoms with Crippen LogP contribution in [0.2, 0.25) is 0 Å². The van der Waals surface area contributed by atoms with Crippen LogP contribution in [0.5, 0.6) is 5.75 Å². The predicted molar refractivity (Wildman–Crippen MR) is 97.9 cm³/mol. The second kappa shape index (κ2) is 9.76. The molecule has 126 valence electrons. The lowest BCUT2D eigenvalue weighted by atomic mass is 9.90. The molecule has 0 radical (unpaired) electrons. The highest BCUT2D eigenvalue weighted by atomic mass is 16.5. The van der Waals surface area contributed by atoms with Gasteiger partial charge in [-0.2, -0.15) is 0 Å². The molecule has 0 saturated heterocycles. The summed E-state index contributed by atoms with van der Waals surface area (Å²) >= 11 is 0. The average molecular weight is 306 g/mol. The van der Waals surface area contributed by atoms with Gasteiger partial charge in [-0.3, -0.25) is 0 Å². The number of hydrogen-bond donors (Lipinski definition) is 1. The van der Waals surface area contributed by atoms with Gasteiger partial charge in [0.05, 0.1) is 6.10 Å². The van der Waals surface area contributed by atoms with Gasteiger partial charge in [-0.15, -0.1) is 0 Å². The van der Waals surface area contributed by atoms with Gasteiger partial charge in [-0.25, -0.2) is 0 Å². The van der Waals surface area contributed by atoms with E-state index in [0.29, 0.717) is 6.10 Å². The van der Waals surface area contributed by atoms with Crippen molar-refractivity contribution >= 4 is 5.69 Å². The van der Waals surface area contributed by atoms with Crippen LogP contribution in [0.4, 0.5) is 5.69 Å². The molecule has 2 heteroatoms. The van der Waals surface area contributed by atoms with Gasteiger partial charge >= 0.3 is 0 Å². The highest BCUT2D eigenvalue weighted by Crippen LogP contribution is 2.26. The van der Waals surface area contributed by atoms with Gasteiger partial charge < -0.3 is 10.1 Å². The molecule has 2 nitrogen and oxygen atoms in total. The van der Waals surface area contributed by atoms with Crippen molar-refractivity contribution in [1.29, 1.82) is 0 Å². The third-order valence-electron chi connectivity index (χ3n) is 4.27. The largest absolute Gasteiger partial charge is 0.490 e. The minimum Gasteiger partial charge on any atom is -0.490 e. The Morgan fingerprint density at radius 3 is 2.00 bits per heavy atom. The van der Waals surface area contributed by atoms with Crippen molar-refractivity contribution in [3.05, 3.63) is 24.3 Å². The summed E-state index contributed by atoms with van der Waals surface area (Å²) in [5.41, 5.74) is 1.39. The molecule has 0 aliphatic heterocycles. The molecule has 1 rings (SSSR count). The van der Waals surface area contributed by atoms with Crippen LogP contribution in [-0.2, 0) is 0 Å². The third kappa shape index (κ3) is 6.29.